The van der Waals surface area contributed by atoms with E-state index >= 15 is 0 Å². The van der Waals surface area contributed by atoms with Gasteiger partial charge in [-0.25, -0.2) is 9.59 Å². The molecule has 94 valence electrons. The Balaban J connectivity index is 0.000000269. The van der Waals surface area contributed by atoms with E-state index in [0.29, 0.717) is 6.08 Å². The van der Waals surface area contributed by atoms with Gasteiger partial charge in [0.15, 0.2) is 0 Å². The zero-order valence-electron chi connectivity index (χ0n) is 9.30. The lowest BCUT2D eigenvalue weighted by molar-refractivity contribution is -0.139. The number of furan rings is 1. The Labute approximate surface area is 103 Å². The number of nitrogens with zero attached hydrogens (tertiary/aromatic N) is 1. The molecule has 2 aromatic heterocycles. The molecule has 0 bridgehead atoms. The van der Waals surface area contributed by atoms with Gasteiger partial charge in [-0.05, 0) is 24.3 Å². The molecule has 0 aliphatic rings. The molecule has 0 atom stereocenters. The second-order valence-corrected chi connectivity index (χ2v) is 2.92. The largest absolute Gasteiger partial charge is 0.478 e. The number of aliphatic carboxylic acids is 1. The predicted octanol–water partition coefficient (Wildman–Crippen LogP) is 1.36. The lowest BCUT2D eigenvalue weighted by Crippen LogP contribution is -2.15. The number of hydrogen-bond acceptors (Lipinski definition) is 4. The van der Waals surface area contributed by atoms with Crippen LogP contribution < -0.4 is 4.84 Å². The summed E-state index contributed by atoms with van der Waals surface area (Å²) in [7, 11) is 0. The molecule has 18 heavy (non-hydrogen) atoms. The molecule has 0 saturated heterocycles. The van der Waals surface area contributed by atoms with Gasteiger partial charge in [-0.15, -0.1) is 0 Å². The molecule has 0 aliphatic heterocycles. The van der Waals surface area contributed by atoms with E-state index in [1.165, 1.54) is 17.1 Å². The highest BCUT2D eigenvalue weighted by molar-refractivity contribution is 5.90. The van der Waals surface area contributed by atoms with Crippen molar-refractivity contribution in [1.29, 1.82) is 0 Å². The normalized spacial score (nSPS) is 9.56. The van der Waals surface area contributed by atoms with Gasteiger partial charge in [-0.2, -0.15) is 4.73 Å². The molecule has 0 radical (unpaired) electrons. The minimum atomic E-state index is -1.19. The molecule has 0 aromatic carbocycles. The van der Waals surface area contributed by atoms with Gasteiger partial charge in [0.1, 0.15) is 0 Å². The highest BCUT2D eigenvalue weighted by Gasteiger charge is 1.98. The minimum absolute atomic E-state index is 0.714. The molecule has 0 saturated carbocycles. The summed E-state index contributed by atoms with van der Waals surface area (Å²) in [5, 5.41) is 8.19. The zero-order valence-corrected chi connectivity index (χ0v) is 9.30. The first-order chi connectivity index (χ1) is 8.68. The van der Waals surface area contributed by atoms with Crippen LogP contribution in [-0.2, 0) is 9.59 Å². The number of hydrogen-bond donors (Lipinski definition) is 1. The average Bonchev–Trinajstić information content (AvgIpc) is 3.01. The molecule has 2 rings (SSSR count). The van der Waals surface area contributed by atoms with Crippen molar-refractivity contribution < 1.29 is 24.0 Å². The van der Waals surface area contributed by atoms with Crippen LogP contribution in [-0.4, -0.2) is 21.8 Å². The van der Waals surface area contributed by atoms with Crippen LogP contribution in [0.5, 0.6) is 0 Å². The fraction of sp³-hybridized carbons (Fsp3) is 0. The molecule has 2 heterocycles. The molecule has 1 N–H and O–H groups in total. The van der Waals surface area contributed by atoms with Crippen LogP contribution in [0.1, 0.15) is 0 Å². The highest BCUT2D eigenvalue weighted by Crippen LogP contribution is 1.86. The summed E-state index contributed by atoms with van der Waals surface area (Å²) in [5.41, 5.74) is 0. The maximum atomic E-state index is 10.8. The summed E-state index contributed by atoms with van der Waals surface area (Å²) in [6.45, 7) is 0. The standard InChI is InChI=1S/C8H7NO4.C4H4O/c10-7(11)3-4-8(12)13-9-5-1-2-6-9;1-2-4-5-3-1/h1-6H,(H,10,11);1-4H/b4-3+;. The molecule has 6 heteroatoms. The fourth-order valence-corrected chi connectivity index (χ4v) is 0.880. The second kappa shape index (κ2) is 7.50. The van der Waals surface area contributed by atoms with Gasteiger partial charge in [0.2, 0.25) is 0 Å². The van der Waals surface area contributed by atoms with Gasteiger partial charge in [-0.1, -0.05) is 0 Å². The SMILES string of the molecule is O=C(O)/C=C/C(=O)On1cccc1.c1ccoc1. The van der Waals surface area contributed by atoms with Gasteiger partial charge in [0.05, 0.1) is 12.5 Å². The molecular weight excluding hydrogens is 238 g/mol. The van der Waals surface area contributed by atoms with Crippen molar-refractivity contribution in [2.24, 2.45) is 0 Å². The number of carboxylic acid groups (broad SMARTS) is 1. The van der Waals surface area contributed by atoms with Crippen LogP contribution in [0.15, 0.2) is 65.8 Å². The van der Waals surface area contributed by atoms with Gasteiger partial charge in [0.25, 0.3) is 0 Å². The number of rotatable bonds is 3. The highest BCUT2D eigenvalue weighted by atomic mass is 16.7. The molecule has 6 nitrogen and oxygen atoms in total. The monoisotopic (exact) mass is 249 g/mol. The van der Waals surface area contributed by atoms with Crippen molar-refractivity contribution in [1.82, 2.24) is 4.73 Å². The van der Waals surface area contributed by atoms with E-state index in [1.807, 2.05) is 12.1 Å². The molecule has 2 aromatic rings. The third-order valence-electron chi connectivity index (χ3n) is 1.56. The van der Waals surface area contributed by atoms with E-state index in [-0.39, 0.29) is 0 Å². The maximum Gasteiger partial charge on any atom is 0.356 e. The number of carbonyl (C=O) groups excluding carboxylic acids is 1. The Morgan fingerprint density at radius 1 is 1.06 bits per heavy atom. The van der Waals surface area contributed by atoms with Crippen molar-refractivity contribution in [2.45, 2.75) is 0 Å². The van der Waals surface area contributed by atoms with Crippen LogP contribution in [0.2, 0.25) is 0 Å². The van der Waals surface area contributed by atoms with E-state index < -0.39 is 11.9 Å². The van der Waals surface area contributed by atoms with Gasteiger partial charge < -0.3 is 14.4 Å². The van der Waals surface area contributed by atoms with Crippen LogP contribution in [0.3, 0.4) is 0 Å². The first-order valence-electron chi connectivity index (χ1n) is 4.92. The number of carbonyl (C=O) groups is 2. The molecule has 0 fully saturated rings. The molecule has 0 amide bonds. The first kappa shape index (κ1) is 13.3. The van der Waals surface area contributed by atoms with Crippen molar-refractivity contribution in [3.05, 3.63) is 61.3 Å². The Kier molecular flexibility index (Phi) is 5.55. The quantitative estimate of drug-likeness (QED) is 0.830. The Morgan fingerprint density at radius 2 is 1.67 bits per heavy atom. The minimum Gasteiger partial charge on any atom is -0.478 e. The topological polar surface area (TPSA) is 81.7 Å². The maximum absolute atomic E-state index is 10.8. The summed E-state index contributed by atoms with van der Waals surface area (Å²) in [4.78, 5) is 25.5. The summed E-state index contributed by atoms with van der Waals surface area (Å²) in [6, 6.07) is 7.02. The lowest BCUT2D eigenvalue weighted by Gasteiger charge is -1.98. The summed E-state index contributed by atoms with van der Waals surface area (Å²) in [5.74, 6) is -1.93. The molecule has 0 aliphatic carbocycles. The third-order valence-corrected chi connectivity index (χ3v) is 1.56. The summed E-state index contributed by atoms with van der Waals surface area (Å²) in [6.07, 6.45) is 7.84. The molecule has 0 unspecified atom stereocenters. The first-order valence-corrected chi connectivity index (χ1v) is 4.92. The smallest absolute Gasteiger partial charge is 0.356 e. The second-order valence-electron chi connectivity index (χ2n) is 2.92. The van der Waals surface area contributed by atoms with Crippen LogP contribution in [0.4, 0.5) is 0 Å². The van der Waals surface area contributed by atoms with Gasteiger partial charge in [0, 0.05) is 24.5 Å². The Bertz CT molecular complexity index is 467. The summed E-state index contributed by atoms with van der Waals surface area (Å²) >= 11 is 0. The van der Waals surface area contributed by atoms with Crippen molar-refractivity contribution in [3.8, 4) is 0 Å². The van der Waals surface area contributed by atoms with Crippen LogP contribution in [0, 0.1) is 0 Å². The van der Waals surface area contributed by atoms with E-state index in [9.17, 15) is 9.59 Å². The zero-order chi connectivity index (χ0) is 13.2. The summed E-state index contributed by atoms with van der Waals surface area (Å²) < 4.78 is 5.76. The van der Waals surface area contributed by atoms with Crippen molar-refractivity contribution >= 4 is 11.9 Å². The van der Waals surface area contributed by atoms with Gasteiger partial charge >= 0.3 is 11.9 Å². The Hall–Kier alpha value is -2.76. The van der Waals surface area contributed by atoms with Crippen molar-refractivity contribution in [3.63, 3.8) is 0 Å². The molecule has 0 spiro atoms. The Morgan fingerprint density at radius 3 is 2.11 bits per heavy atom. The average molecular weight is 249 g/mol. The lowest BCUT2D eigenvalue weighted by atomic mass is 10.5. The van der Waals surface area contributed by atoms with Crippen molar-refractivity contribution in [2.75, 3.05) is 0 Å². The fourth-order valence-electron chi connectivity index (χ4n) is 0.880. The van der Waals surface area contributed by atoms with Crippen LogP contribution >= 0.6 is 0 Å². The van der Waals surface area contributed by atoms with E-state index in [1.54, 1.807) is 24.7 Å². The van der Waals surface area contributed by atoms with E-state index in [0.717, 1.165) is 6.08 Å². The number of carboxylic acids is 1. The predicted molar refractivity (Wildman–Crippen MR) is 61.5 cm³/mol. The molecular formula is C12H11NO5. The third kappa shape index (κ3) is 5.96. The van der Waals surface area contributed by atoms with E-state index in [2.05, 4.69) is 9.25 Å². The number of aromatic nitrogens is 1. The van der Waals surface area contributed by atoms with Crippen LogP contribution in [0.25, 0.3) is 0 Å². The van der Waals surface area contributed by atoms with Gasteiger partial charge in [-0.3, -0.25) is 0 Å². The van der Waals surface area contributed by atoms with E-state index in [4.69, 9.17) is 5.11 Å².